The van der Waals surface area contributed by atoms with Gasteiger partial charge in [0.2, 0.25) is 0 Å². The van der Waals surface area contributed by atoms with E-state index in [1.807, 2.05) is 54.8 Å². The van der Waals surface area contributed by atoms with Crippen LogP contribution >= 0.6 is 0 Å². The molecule has 0 amide bonds. The second-order valence-electron chi connectivity index (χ2n) is 6.12. The normalized spacial score (nSPS) is 19.3. The first-order valence-corrected chi connectivity index (χ1v) is 8.35. The summed E-state index contributed by atoms with van der Waals surface area (Å²) in [4.78, 5) is 4.75. The highest BCUT2D eigenvalue weighted by Gasteiger charge is 2.11. The number of benzene rings is 1. The summed E-state index contributed by atoms with van der Waals surface area (Å²) >= 11 is 0. The van der Waals surface area contributed by atoms with Crippen molar-refractivity contribution in [2.45, 2.75) is 19.3 Å². The Bertz CT molecular complexity index is 1130. The van der Waals surface area contributed by atoms with Gasteiger partial charge in [-0.15, -0.1) is 0 Å². The Balaban J connectivity index is 1.97. The van der Waals surface area contributed by atoms with Crippen molar-refractivity contribution in [1.29, 1.82) is 0 Å². The molecule has 0 saturated carbocycles. The molecule has 2 heterocycles. The first-order chi connectivity index (χ1) is 12.3. The van der Waals surface area contributed by atoms with E-state index in [2.05, 4.69) is 12.1 Å². The maximum absolute atomic E-state index is 10.0. The number of nitrogens with zero attached hydrogens (tertiary/aromatic N) is 1. The van der Waals surface area contributed by atoms with Crippen molar-refractivity contribution in [2.75, 3.05) is 0 Å². The topological polar surface area (TPSA) is 56.5 Å². The second kappa shape index (κ2) is 6.40. The summed E-state index contributed by atoms with van der Waals surface area (Å²) in [6.45, 7) is 3.59. The number of fused-ring (bicyclic) bond motifs is 1. The molecule has 25 heavy (non-hydrogen) atoms. The Hall–Kier alpha value is -3.14. The average molecular weight is 331 g/mol. The fourth-order valence-corrected chi connectivity index (χ4v) is 3.26. The lowest BCUT2D eigenvalue weighted by molar-refractivity contribution is -0.356. The van der Waals surface area contributed by atoms with Gasteiger partial charge in [-0.25, -0.2) is 4.42 Å². The number of dihydropyridines is 1. The lowest BCUT2D eigenvalue weighted by Gasteiger charge is -2.10. The molecule has 0 bridgehead atoms. The molecule has 0 radical (unpaired) electrons. The number of hydrogen-bond acceptors (Lipinski definition) is 3. The molecule has 1 aliphatic carbocycles. The number of allylic oxidation sites excluding steroid dienone is 2. The molecule has 4 nitrogen and oxygen atoms in total. The van der Waals surface area contributed by atoms with Crippen LogP contribution in [-0.2, 0) is 10.8 Å². The quantitative estimate of drug-likeness (QED) is 0.788. The molecule has 1 aromatic heterocycles. The number of nitrogens with one attached hydrogen (secondary N) is 1. The zero-order valence-electron chi connectivity index (χ0n) is 13.8. The first kappa shape index (κ1) is 15.4. The molecule has 4 heteroatoms. The fraction of sp³-hybridized carbons (Fsp3) is 0.143. The molecule has 4 rings (SSSR count). The molecule has 124 valence electrons. The summed E-state index contributed by atoms with van der Waals surface area (Å²) in [7, 11) is 0. The van der Waals surface area contributed by atoms with Crippen LogP contribution in [0.25, 0.3) is 11.5 Å². The number of hydrogen-bond donors (Lipinski definition) is 2. The van der Waals surface area contributed by atoms with Crippen molar-refractivity contribution in [2.24, 2.45) is 0 Å². The number of aliphatic hydroxyl groups is 1. The molecule has 2 aromatic rings. The second-order valence-corrected chi connectivity index (χ2v) is 6.12. The maximum Gasteiger partial charge on any atom is 0.361 e. The van der Waals surface area contributed by atoms with Crippen LogP contribution in [-0.4, -0.2) is 16.9 Å². The van der Waals surface area contributed by atoms with Crippen LogP contribution < -0.4 is 15.8 Å². The Labute approximate surface area is 145 Å². The van der Waals surface area contributed by atoms with E-state index in [4.69, 9.17) is 9.41 Å². The van der Waals surface area contributed by atoms with Crippen molar-refractivity contribution in [3.63, 3.8) is 0 Å². The Morgan fingerprint density at radius 3 is 2.76 bits per heavy atom. The molecule has 2 aliphatic rings. The Morgan fingerprint density at radius 1 is 1.08 bits per heavy atom. The summed E-state index contributed by atoms with van der Waals surface area (Å²) < 4.78 is 5.35. The molecule has 0 saturated heterocycles. The van der Waals surface area contributed by atoms with Crippen LogP contribution in [0.3, 0.4) is 0 Å². The average Bonchev–Trinajstić information content (AvgIpc) is 2.68. The van der Waals surface area contributed by atoms with Gasteiger partial charge in [0.1, 0.15) is 11.0 Å². The maximum atomic E-state index is 10.0. The van der Waals surface area contributed by atoms with Gasteiger partial charge in [0.05, 0.1) is 22.8 Å². The number of carbonyl (C=O) groups excluding carboxylic acids is 1. The minimum atomic E-state index is 0.442. The summed E-state index contributed by atoms with van der Waals surface area (Å²) in [5.41, 5.74) is 1.92. The van der Waals surface area contributed by atoms with E-state index < -0.39 is 0 Å². The molecule has 1 aliphatic heterocycles. The predicted octanol–water partition coefficient (Wildman–Crippen LogP) is 2.23. The van der Waals surface area contributed by atoms with Gasteiger partial charge in [-0.05, 0) is 43.2 Å². The van der Waals surface area contributed by atoms with Gasteiger partial charge in [-0.1, -0.05) is 12.1 Å². The number of rotatable bonds is 1. The van der Waals surface area contributed by atoms with Crippen molar-refractivity contribution in [3.05, 3.63) is 81.5 Å². The van der Waals surface area contributed by atoms with E-state index in [1.165, 1.54) is 0 Å². The molecule has 0 spiro atoms. The van der Waals surface area contributed by atoms with Gasteiger partial charge in [-0.2, -0.15) is 0 Å². The minimum absolute atomic E-state index is 0.442. The molecular formula is C21H19N2O2+. The van der Waals surface area contributed by atoms with E-state index in [0.717, 1.165) is 51.7 Å². The van der Waals surface area contributed by atoms with Gasteiger partial charge >= 0.3 is 5.75 Å². The summed E-state index contributed by atoms with van der Waals surface area (Å²) in [6.07, 6.45) is 10.3. The fourth-order valence-electron chi connectivity index (χ4n) is 3.26. The lowest BCUT2D eigenvalue weighted by Crippen LogP contribution is -2.19. The predicted molar refractivity (Wildman–Crippen MR) is 98.0 cm³/mol. The van der Waals surface area contributed by atoms with Gasteiger partial charge in [0.25, 0.3) is 6.79 Å². The van der Waals surface area contributed by atoms with Crippen molar-refractivity contribution in [3.8, 4) is 5.75 Å². The number of pyridine rings is 1. The van der Waals surface area contributed by atoms with Crippen LogP contribution in [0.2, 0.25) is 0 Å². The highest BCUT2D eigenvalue weighted by Crippen LogP contribution is 2.12. The van der Waals surface area contributed by atoms with E-state index in [0.29, 0.717) is 11.5 Å². The van der Waals surface area contributed by atoms with Gasteiger partial charge in [-0.3, -0.25) is 4.98 Å². The zero-order chi connectivity index (χ0) is 17.2. The van der Waals surface area contributed by atoms with Crippen LogP contribution in [0.1, 0.15) is 18.5 Å². The van der Waals surface area contributed by atoms with Crippen molar-refractivity contribution in [1.82, 2.24) is 10.3 Å². The zero-order valence-corrected chi connectivity index (χ0v) is 13.8. The SMILES string of the molecule is C=[O+]c1cc(=c2ccc3c(n2)CCCC=3O)ccc1=C1C=CC=CN1. The molecular weight excluding hydrogens is 312 g/mol. The van der Waals surface area contributed by atoms with Gasteiger partial charge < -0.3 is 10.4 Å². The molecule has 0 unspecified atom stereocenters. The third-order valence-electron chi connectivity index (χ3n) is 4.54. The Kier molecular flexibility index (Phi) is 3.94. The Morgan fingerprint density at radius 2 is 1.96 bits per heavy atom. The molecule has 1 aromatic carbocycles. The van der Waals surface area contributed by atoms with E-state index in [1.54, 1.807) is 0 Å². The lowest BCUT2D eigenvalue weighted by atomic mass is 10.0. The number of aromatic nitrogens is 1. The molecule has 0 atom stereocenters. The van der Waals surface area contributed by atoms with Crippen LogP contribution in [0.15, 0.2) is 54.8 Å². The summed E-state index contributed by atoms with van der Waals surface area (Å²) in [5.74, 6) is 1.13. The minimum Gasteiger partial charge on any atom is -0.512 e. The number of aliphatic hydroxyl groups excluding tert-OH is 1. The van der Waals surface area contributed by atoms with E-state index in [9.17, 15) is 5.11 Å². The smallest absolute Gasteiger partial charge is 0.361 e. The van der Waals surface area contributed by atoms with Crippen molar-refractivity contribution >= 4 is 18.2 Å². The van der Waals surface area contributed by atoms with Crippen LogP contribution in [0.4, 0.5) is 0 Å². The monoisotopic (exact) mass is 331 g/mol. The highest BCUT2D eigenvalue weighted by atomic mass is 16.4. The van der Waals surface area contributed by atoms with Gasteiger partial charge in [0.15, 0.2) is 0 Å². The van der Waals surface area contributed by atoms with E-state index >= 15 is 0 Å². The van der Waals surface area contributed by atoms with Crippen LogP contribution in [0.5, 0.6) is 5.75 Å². The summed E-state index contributed by atoms with van der Waals surface area (Å²) in [5, 5.41) is 16.9. The summed E-state index contributed by atoms with van der Waals surface area (Å²) in [6, 6.07) is 9.88. The largest absolute Gasteiger partial charge is 0.512 e. The standard InChI is InChI=1S/C21H18N2O2/c1-25-21-13-14(8-9-16(21)18-5-2-3-12-22-18)17-11-10-15-19(23-17)6-4-7-20(15)24/h2-3,5,8-13,22H,1,4,6-7H2/p+1. The first-order valence-electron chi connectivity index (χ1n) is 8.35. The van der Waals surface area contributed by atoms with E-state index in [-0.39, 0.29) is 0 Å². The molecule has 0 fully saturated rings. The third kappa shape index (κ3) is 2.87. The van der Waals surface area contributed by atoms with Crippen LogP contribution in [0, 0.1) is 10.6 Å². The third-order valence-corrected chi connectivity index (χ3v) is 4.54. The number of aryl methyl sites for hydroxylation is 1. The highest BCUT2D eigenvalue weighted by molar-refractivity contribution is 5.60. The molecule has 2 N–H and O–H groups in total. The van der Waals surface area contributed by atoms with Crippen molar-refractivity contribution < 1.29 is 9.53 Å². The van der Waals surface area contributed by atoms with Gasteiger partial charge in [0, 0.05) is 23.1 Å².